The summed E-state index contributed by atoms with van der Waals surface area (Å²) < 4.78 is 0. The van der Waals surface area contributed by atoms with Gasteiger partial charge in [-0.25, -0.2) is 0 Å². The first-order valence-electron chi connectivity index (χ1n) is 10.5. The summed E-state index contributed by atoms with van der Waals surface area (Å²) in [5, 5.41) is 13.0. The highest BCUT2D eigenvalue weighted by molar-refractivity contribution is 5.84. The molecule has 6 nitrogen and oxygen atoms in total. The van der Waals surface area contributed by atoms with Crippen molar-refractivity contribution < 1.29 is 0 Å². The molecule has 30 heavy (non-hydrogen) atoms. The molecule has 2 aromatic carbocycles. The number of hydrazone groups is 1. The van der Waals surface area contributed by atoms with Crippen LogP contribution < -0.4 is 20.5 Å². The highest BCUT2D eigenvalue weighted by Crippen LogP contribution is 2.23. The van der Waals surface area contributed by atoms with Crippen LogP contribution in [0, 0.1) is 0 Å². The molecule has 0 spiro atoms. The van der Waals surface area contributed by atoms with E-state index in [1.165, 1.54) is 5.69 Å². The predicted molar refractivity (Wildman–Crippen MR) is 132 cm³/mol. The van der Waals surface area contributed by atoms with Gasteiger partial charge in [0.2, 0.25) is 0 Å². The summed E-state index contributed by atoms with van der Waals surface area (Å²) in [6.07, 6.45) is 3.90. The van der Waals surface area contributed by atoms with Gasteiger partial charge in [-0.3, -0.25) is 5.01 Å². The van der Waals surface area contributed by atoms with Gasteiger partial charge in [-0.2, -0.15) is 5.10 Å². The first-order chi connectivity index (χ1) is 14.5. The number of nitrogens with one attached hydrogen (secondary N) is 2. The van der Waals surface area contributed by atoms with E-state index in [1.807, 2.05) is 45.5 Å². The lowest BCUT2D eigenvalue weighted by atomic mass is 10.2. The molecule has 0 bridgehead atoms. The fraction of sp³-hybridized carbons (Fsp3) is 0.375. The van der Waals surface area contributed by atoms with E-state index in [4.69, 9.17) is 0 Å². The number of benzene rings is 2. The van der Waals surface area contributed by atoms with Crippen molar-refractivity contribution in [1.29, 1.82) is 0 Å². The molecule has 0 atom stereocenters. The summed E-state index contributed by atoms with van der Waals surface area (Å²) in [5.74, 6) is 0. The summed E-state index contributed by atoms with van der Waals surface area (Å²) in [4.78, 5) is 4.42. The highest BCUT2D eigenvalue weighted by atomic mass is 15.4. The van der Waals surface area contributed by atoms with Crippen molar-refractivity contribution in [3.63, 3.8) is 0 Å². The monoisotopic (exact) mass is 408 g/mol. The lowest BCUT2D eigenvalue weighted by Gasteiger charge is -2.21. The summed E-state index contributed by atoms with van der Waals surface area (Å²) >= 11 is 0. The first-order valence-corrected chi connectivity index (χ1v) is 10.5. The Hall–Kier alpha value is -3.15. The molecule has 0 aliphatic heterocycles. The van der Waals surface area contributed by atoms with Crippen molar-refractivity contribution in [3.05, 3.63) is 60.9 Å². The molecular weight excluding hydrogens is 372 g/mol. The van der Waals surface area contributed by atoms with Gasteiger partial charge in [0.1, 0.15) is 0 Å². The van der Waals surface area contributed by atoms with Crippen LogP contribution in [0.3, 0.4) is 0 Å². The van der Waals surface area contributed by atoms with Crippen LogP contribution in [0.25, 0.3) is 0 Å². The molecule has 0 radical (unpaired) electrons. The van der Waals surface area contributed by atoms with Crippen LogP contribution in [-0.4, -0.2) is 51.4 Å². The lowest BCUT2D eigenvalue weighted by molar-refractivity contribution is 0.519. The molecule has 2 N–H and O–H groups in total. The Kier molecular flexibility index (Phi) is 9.06. The molecule has 0 aromatic heterocycles. The van der Waals surface area contributed by atoms with Crippen molar-refractivity contribution in [2.45, 2.75) is 20.8 Å². The molecule has 0 amide bonds. The van der Waals surface area contributed by atoms with Crippen LogP contribution >= 0.6 is 0 Å². The number of nitrogens with zero attached hydrogens (tertiary/aromatic N) is 4. The maximum absolute atomic E-state index is 4.68. The number of hydrogen-bond donors (Lipinski definition) is 2. The van der Waals surface area contributed by atoms with Crippen LogP contribution in [0.2, 0.25) is 0 Å². The zero-order valence-corrected chi connectivity index (χ0v) is 19.2. The minimum Gasteiger partial charge on any atom is -0.393 e. The van der Waals surface area contributed by atoms with Crippen LogP contribution in [0.5, 0.6) is 0 Å². The minimum absolute atomic E-state index is 0.769. The van der Waals surface area contributed by atoms with Gasteiger partial charge in [-0.15, -0.1) is 0 Å². The van der Waals surface area contributed by atoms with Gasteiger partial charge in [0.05, 0.1) is 17.9 Å². The Labute approximate surface area is 181 Å². The number of hydrogen-bond acceptors (Lipinski definition) is 6. The second kappa shape index (κ2) is 11.8. The van der Waals surface area contributed by atoms with Crippen LogP contribution in [-0.2, 0) is 0 Å². The molecule has 2 rings (SSSR count). The SMILES string of the molecule is CCN(CC)c1ccc(Nc2ccc(N(C)/N=C(\C)CN(C)/C=C\NC)cc2)cc1. The van der Waals surface area contributed by atoms with Gasteiger partial charge < -0.3 is 20.4 Å². The largest absolute Gasteiger partial charge is 0.393 e. The summed E-state index contributed by atoms with van der Waals surface area (Å²) in [5.41, 5.74) is 5.48. The van der Waals surface area contributed by atoms with Gasteiger partial charge in [0.15, 0.2) is 0 Å². The molecule has 162 valence electrons. The lowest BCUT2D eigenvalue weighted by Crippen LogP contribution is -2.22. The van der Waals surface area contributed by atoms with E-state index in [0.29, 0.717) is 0 Å². The molecule has 0 fully saturated rings. The van der Waals surface area contributed by atoms with Crippen LogP contribution in [0.15, 0.2) is 66.0 Å². The zero-order chi connectivity index (χ0) is 21.9. The third-order valence-electron chi connectivity index (χ3n) is 4.82. The summed E-state index contributed by atoms with van der Waals surface area (Å²) in [7, 11) is 5.89. The van der Waals surface area contributed by atoms with Crippen LogP contribution in [0.1, 0.15) is 20.8 Å². The highest BCUT2D eigenvalue weighted by Gasteiger charge is 2.04. The second-order valence-corrected chi connectivity index (χ2v) is 7.27. The summed E-state index contributed by atoms with van der Waals surface area (Å²) in [6, 6.07) is 16.9. The van der Waals surface area contributed by atoms with Crippen LogP contribution in [0.4, 0.5) is 22.7 Å². The van der Waals surface area contributed by atoms with Crippen molar-refractivity contribution in [2.75, 3.05) is 56.0 Å². The van der Waals surface area contributed by atoms with Gasteiger partial charge >= 0.3 is 0 Å². The minimum atomic E-state index is 0.769. The van der Waals surface area contributed by atoms with E-state index in [2.05, 4.69) is 87.9 Å². The smallest absolute Gasteiger partial charge is 0.0592 e. The Morgan fingerprint density at radius 2 is 1.43 bits per heavy atom. The molecular formula is C24H36N6. The molecule has 0 saturated carbocycles. The average molecular weight is 409 g/mol. The third kappa shape index (κ3) is 7.03. The van der Waals surface area contributed by atoms with Crippen molar-refractivity contribution in [3.8, 4) is 0 Å². The van der Waals surface area contributed by atoms with E-state index in [9.17, 15) is 0 Å². The normalized spacial score (nSPS) is 11.5. The molecule has 0 aliphatic carbocycles. The fourth-order valence-electron chi connectivity index (χ4n) is 3.23. The molecule has 0 heterocycles. The van der Waals surface area contributed by atoms with E-state index >= 15 is 0 Å². The van der Waals surface area contributed by atoms with E-state index in [0.717, 1.165) is 42.4 Å². The van der Waals surface area contributed by atoms with Crippen molar-refractivity contribution in [2.24, 2.45) is 5.10 Å². The van der Waals surface area contributed by atoms with E-state index in [-0.39, 0.29) is 0 Å². The number of rotatable bonds is 11. The molecule has 0 unspecified atom stereocenters. The van der Waals surface area contributed by atoms with Gasteiger partial charge in [0, 0.05) is 63.7 Å². The fourth-order valence-corrected chi connectivity index (χ4v) is 3.23. The first kappa shape index (κ1) is 23.1. The Bertz CT molecular complexity index is 807. The second-order valence-electron chi connectivity index (χ2n) is 7.27. The van der Waals surface area contributed by atoms with Gasteiger partial charge in [-0.05, 0) is 69.3 Å². The maximum Gasteiger partial charge on any atom is 0.0592 e. The van der Waals surface area contributed by atoms with E-state index < -0.39 is 0 Å². The molecule has 2 aromatic rings. The zero-order valence-electron chi connectivity index (χ0n) is 19.2. The summed E-state index contributed by atoms with van der Waals surface area (Å²) in [6.45, 7) is 9.20. The van der Waals surface area contributed by atoms with Gasteiger partial charge in [-0.1, -0.05) is 0 Å². The Balaban J connectivity index is 1.97. The van der Waals surface area contributed by atoms with Crippen molar-refractivity contribution in [1.82, 2.24) is 10.2 Å². The average Bonchev–Trinajstić information content (AvgIpc) is 2.74. The van der Waals surface area contributed by atoms with Gasteiger partial charge in [0.25, 0.3) is 0 Å². The standard InChI is InChI=1S/C24H36N6/c1-7-30(8-2)24-15-11-22(12-16-24)26-21-9-13-23(14-10-21)29(6)27-20(3)19-28(5)18-17-25-4/h9-18,25-26H,7-8,19H2,1-6H3/b18-17-,27-20+. The molecule has 0 saturated heterocycles. The van der Waals surface area contributed by atoms with E-state index in [1.54, 1.807) is 0 Å². The quantitative estimate of drug-likeness (QED) is 0.416. The Morgan fingerprint density at radius 3 is 1.93 bits per heavy atom. The number of anilines is 4. The van der Waals surface area contributed by atoms with Crippen molar-refractivity contribution >= 4 is 28.5 Å². The predicted octanol–water partition coefficient (Wildman–Crippen LogP) is 4.71. The third-order valence-corrected chi connectivity index (χ3v) is 4.82. The maximum atomic E-state index is 4.68. The topological polar surface area (TPSA) is 46.1 Å². The molecule has 6 heteroatoms. The molecule has 0 aliphatic rings. The Morgan fingerprint density at radius 1 is 0.900 bits per heavy atom.